The number of aromatic nitrogens is 1. The second-order valence-corrected chi connectivity index (χ2v) is 4.88. The Balaban J connectivity index is 1.85. The first-order valence-electron chi connectivity index (χ1n) is 6.31. The van der Waals surface area contributed by atoms with Crippen LogP contribution in [0.5, 0.6) is 0 Å². The highest BCUT2D eigenvalue weighted by Gasteiger charge is 2.01. The standard InChI is InChI=1S/C16H11ClFN3/c17-12-4-5-14-15(6-7-19-16(14)9-12)21-20-10-11-2-1-3-13(18)8-11/h1-10H,(H,19,21)/b20-10-. The fourth-order valence-corrected chi connectivity index (χ4v) is 2.15. The lowest BCUT2D eigenvalue weighted by Crippen LogP contribution is -1.93. The third-order valence-electron chi connectivity index (χ3n) is 2.95. The molecule has 0 aliphatic heterocycles. The van der Waals surface area contributed by atoms with Gasteiger partial charge in [0.25, 0.3) is 0 Å². The van der Waals surface area contributed by atoms with E-state index in [0.29, 0.717) is 10.6 Å². The molecule has 0 aliphatic rings. The van der Waals surface area contributed by atoms with E-state index in [-0.39, 0.29) is 5.82 Å². The van der Waals surface area contributed by atoms with Gasteiger partial charge < -0.3 is 0 Å². The number of nitrogens with one attached hydrogen (secondary N) is 1. The zero-order chi connectivity index (χ0) is 14.7. The Morgan fingerprint density at radius 1 is 1.14 bits per heavy atom. The van der Waals surface area contributed by atoms with Crippen molar-refractivity contribution in [3.63, 3.8) is 0 Å². The Labute approximate surface area is 126 Å². The van der Waals surface area contributed by atoms with E-state index in [2.05, 4.69) is 15.5 Å². The molecule has 104 valence electrons. The maximum atomic E-state index is 13.1. The van der Waals surface area contributed by atoms with Crippen molar-refractivity contribution in [3.05, 3.63) is 71.1 Å². The maximum Gasteiger partial charge on any atom is 0.123 e. The minimum absolute atomic E-state index is 0.289. The fraction of sp³-hybridized carbons (Fsp3) is 0. The second kappa shape index (κ2) is 5.89. The first-order chi connectivity index (χ1) is 10.2. The van der Waals surface area contributed by atoms with Crippen LogP contribution in [0.1, 0.15) is 5.56 Å². The molecular formula is C16H11ClFN3. The molecule has 0 unspecified atom stereocenters. The maximum absolute atomic E-state index is 13.1. The number of benzene rings is 2. The number of hydrogen-bond acceptors (Lipinski definition) is 3. The van der Waals surface area contributed by atoms with Crippen molar-refractivity contribution in [2.24, 2.45) is 5.10 Å². The molecule has 1 N–H and O–H groups in total. The van der Waals surface area contributed by atoms with E-state index in [1.807, 2.05) is 12.1 Å². The average molecular weight is 300 g/mol. The number of halogens is 2. The summed E-state index contributed by atoms with van der Waals surface area (Å²) in [5.74, 6) is -0.289. The topological polar surface area (TPSA) is 37.3 Å². The van der Waals surface area contributed by atoms with Crippen molar-refractivity contribution in [2.75, 3.05) is 5.43 Å². The molecular weight excluding hydrogens is 289 g/mol. The zero-order valence-electron chi connectivity index (χ0n) is 10.9. The van der Waals surface area contributed by atoms with Crippen LogP contribution in [0.2, 0.25) is 5.02 Å². The van der Waals surface area contributed by atoms with Crippen molar-refractivity contribution >= 4 is 34.4 Å². The van der Waals surface area contributed by atoms with Crippen LogP contribution < -0.4 is 5.43 Å². The largest absolute Gasteiger partial charge is 0.278 e. The normalized spacial score (nSPS) is 11.1. The average Bonchev–Trinajstić information content (AvgIpc) is 2.47. The molecule has 1 aromatic heterocycles. The first kappa shape index (κ1) is 13.5. The minimum Gasteiger partial charge on any atom is -0.278 e. The molecule has 5 heteroatoms. The Bertz CT molecular complexity index is 817. The predicted molar refractivity (Wildman–Crippen MR) is 84.4 cm³/mol. The van der Waals surface area contributed by atoms with Crippen molar-refractivity contribution in [2.45, 2.75) is 0 Å². The Morgan fingerprint density at radius 2 is 2.05 bits per heavy atom. The molecule has 0 radical (unpaired) electrons. The quantitative estimate of drug-likeness (QED) is 0.572. The van der Waals surface area contributed by atoms with Crippen LogP contribution in [0.15, 0.2) is 59.8 Å². The first-order valence-corrected chi connectivity index (χ1v) is 6.69. The second-order valence-electron chi connectivity index (χ2n) is 4.44. The van der Waals surface area contributed by atoms with Gasteiger partial charge in [0.1, 0.15) is 5.82 Å². The van der Waals surface area contributed by atoms with E-state index in [4.69, 9.17) is 11.6 Å². The molecule has 0 spiro atoms. The molecule has 3 aromatic rings. The number of fused-ring (bicyclic) bond motifs is 1. The van der Waals surface area contributed by atoms with Crippen LogP contribution in [-0.2, 0) is 0 Å². The van der Waals surface area contributed by atoms with Gasteiger partial charge in [-0.3, -0.25) is 10.4 Å². The molecule has 0 fully saturated rings. The van der Waals surface area contributed by atoms with Crippen molar-refractivity contribution in [3.8, 4) is 0 Å². The molecule has 2 aromatic carbocycles. The van der Waals surface area contributed by atoms with Crippen molar-refractivity contribution in [1.29, 1.82) is 0 Å². The summed E-state index contributed by atoms with van der Waals surface area (Å²) in [4.78, 5) is 4.25. The van der Waals surface area contributed by atoms with E-state index in [1.165, 1.54) is 12.1 Å². The monoisotopic (exact) mass is 299 g/mol. The predicted octanol–water partition coefficient (Wildman–Crippen LogP) is 4.47. The van der Waals surface area contributed by atoms with Gasteiger partial charge in [-0.25, -0.2) is 4.39 Å². The van der Waals surface area contributed by atoms with Crippen LogP contribution in [0.4, 0.5) is 10.1 Å². The summed E-state index contributed by atoms with van der Waals surface area (Å²) in [5.41, 5.74) is 5.22. The van der Waals surface area contributed by atoms with Crippen LogP contribution >= 0.6 is 11.6 Å². The summed E-state index contributed by atoms with van der Waals surface area (Å²) < 4.78 is 13.1. The lowest BCUT2D eigenvalue weighted by atomic mass is 10.2. The van der Waals surface area contributed by atoms with Crippen LogP contribution in [-0.4, -0.2) is 11.2 Å². The highest BCUT2D eigenvalue weighted by molar-refractivity contribution is 6.31. The lowest BCUT2D eigenvalue weighted by molar-refractivity contribution is 0.627. The smallest absolute Gasteiger partial charge is 0.123 e. The summed E-state index contributed by atoms with van der Waals surface area (Å²) in [6.07, 6.45) is 3.24. The molecule has 3 nitrogen and oxygen atoms in total. The molecule has 1 heterocycles. The van der Waals surface area contributed by atoms with E-state index >= 15 is 0 Å². The molecule has 3 rings (SSSR count). The van der Waals surface area contributed by atoms with Gasteiger partial charge in [-0.2, -0.15) is 5.10 Å². The van der Waals surface area contributed by atoms with Gasteiger partial charge in [0.05, 0.1) is 17.4 Å². The highest BCUT2D eigenvalue weighted by atomic mass is 35.5. The SMILES string of the molecule is Fc1cccc(/C=N\Nc2ccnc3cc(Cl)ccc23)c1. The summed E-state index contributed by atoms with van der Waals surface area (Å²) in [5, 5.41) is 5.67. The molecule has 0 saturated heterocycles. The molecule has 21 heavy (non-hydrogen) atoms. The summed E-state index contributed by atoms with van der Waals surface area (Å²) in [7, 11) is 0. The molecule has 0 atom stereocenters. The number of nitrogens with zero attached hydrogens (tertiary/aromatic N) is 2. The van der Waals surface area contributed by atoms with E-state index in [9.17, 15) is 4.39 Å². The van der Waals surface area contributed by atoms with Gasteiger partial charge in [-0.1, -0.05) is 23.7 Å². The molecule has 0 saturated carbocycles. The highest BCUT2D eigenvalue weighted by Crippen LogP contribution is 2.24. The lowest BCUT2D eigenvalue weighted by Gasteiger charge is -2.05. The van der Waals surface area contributed by atoms with Crippen molar-refractivity contribution in [1.82, 2.24) is 4.98 Å². The van der Waals surface area contributed by atoms with Gasteiger partial charge in [-0.05, 0) is 42.0 Å². The molecule has 0 aliphatic carbocycles. The van der Waals surface area contributed by atoms with Crippen LogP contribution in [0.3, 0.4) is 0 Å². The van der Waals surface area contributed by atoms with Gasteiger partial charge in [0.15, 0.2) is 0 Å². The van der Waals surface area contributed by atoms with E-state index < -0.39 is 0 Å². The van der Waals surface area contributed by atoms with Crippen LogP contribution in [0, 0.1) is 5.82 Å². The molecule has 0 amide bonds. The summed E-state index contributed by atoms with van der Waals surface area (Å²) in [6, 6.07) is 13.5. The third-order valence-corrected chi connectivity index (χ3v) is 3.19. The van der Waals surface area contributed by atoms with Gasteiger partial charge in [0, 0.05) is 16.6 Å². The summed E-state index contributed by atoms with van der Waals surface area (Å²) in [6.45, 7) is 0. The number of pyridine rings is 1. The third kappa shape index (κ3) is 3.17. The van der Waals surface area contributed by atoms with E-state index in [1.54, 1.807) is 36.7 Å². The Kier molecular flexibility index (Phi) is 3.79. The number of rotatable bonds is 3. The number of hydrogen-bond donors (Lipinski definition) is 1. The van der Waals surface area contributed by atoms with Crippen LogP contribution in [0.25, 0.3) is 10.9 Å². The Hall–Kier alpha value is -2.46. The van der Waals surface area contributed by atoms with Gasteiger partial charge >= 0.3 is 0 Å². The minimum atomic E-state index is -0.289. The van der Waals surface area contributed by atoms with Crippen molar-refractivity contribution < 1.29 is 4.39 Å². The van der Waals surface area contributed by atoms with E-state index in [0.717, 1.165) is 16.6 Å². The van der Waals surface area contributed by atoms with Gasteiger partial charge in [-0.15, -0.1) is 0 Å². The molecule has 0 bridgehead atoms. The number of hydrazone groups is 1. The fourth-order valence-electron chi connectivity index (χ4n) is 1.98. The zero-order valence-corrected chi connectivity index (χ0v) is 11.7. The Morgan fingerprint density at radius 3 is 2.90 bits per heavy atom. The summed E-state index contributed by atoms with van der Waals surface area (Å²) >= 11 is 5.94. The van der Waals surface area contributed by atoms with Gasteiger partial charge in [0.2, 0.25) is 0 Å². The number of anilines is 1.